The van der Waals surface area contributed by atoms with Gasteiger partial charge in [0.1, 0.15) is 0 Å². The Labute approximate surface area is 91.1 Å². The smallest absolute Gasteiger partial charge is 0.182 e. The standard InChI is InChI=1S/C10H22N2O3/c1-2-3-7-11-10(13)12-15-9-6-4-5-8-14-9/h9-13H,2-8H2,1H3. The number of aliphatic hydroxyl groups is 1. The molecule has 0 amide bonds. The fraction of sp³-hybridized carbons (Fsp3) is 1.00. The van der Waals surface area contributed by atoms with Gasteiger partial charge in [0, 0.05) is 13.0 Å². The van der Waals surface area contributed by atoms with E-state index in [1.807, 2.05) is 0 Å². The number of rotatable bonds is 7. The monoisotopic (exact) mass is 218 g/mol. The minimum absolute atomic E-state index is 0.221. The maximum Gasteiger partial charge on any atom is 0.182 e. The van der Waals surface area contributed by atoms with E-state index in [1.54, 1.807) is 0 Å². The van der Waals surface area contributed by atoms with Crippen LogP contribution in [0, 0.1) is 0 Å². The van der Waals surface area contributed by atoms with Crippen molar-refractivity contribution in [2.45, 2.75) is 51.7 Å². The molecule has 2 unspecified atom stereocenters. The lowest BCUT2D eigenvalue weighted by molar-refractivity contribution is -0.223. The largest absolute Gasteiger partial charge is 0.364 e. The van der Waals surface area contributed by atoms with E-state index < -0.39 is 6.35 Å². The molecule has 1 fully saturated rings. The van der Waals surface area contributed by atoms with E-state index in [0.29, 0.717) is 0 Å². The molecule has 0 aromatic carbocycles. The van der Waals surface area contributed by atoms with E-state index in [4.69, 9.17) is 9.57 Å². The highest BCUT2D eigenvalue weighted by Gasteiger charge is 2.15. The molecule has 5 nitrogen and oxygen atoms in total. The van der Waals surface area contributed by atoms with Crippen molar-refractivity contribution < 1.29 is 14.7 Å². The lowest BCUT2D eigenvalue weighted by Crippen LogP contribution is -2.45. The van der Waals surface area contributed by atoms with Crippen molar-refractivity contribution >= 4 is 0 Å². The van der Waals surface area contributed by atoms with Gasteiger partial charge in [-0.2, -0.15) is 5.48 Å². The minimum atomic E-state index is -0.818. The molecule has 2 atom stereocenters. The van der Waals surface area contributed by atoms with Crippen LogP contribution in [0.3, 0.4) is 0 Å². The third-order valence-corrected chi connectivity index (χ3v) is 2.32. The van der Waals surface area contributed by atoms with Crippen LogP contribution in [-0.2, 0) is 9.57 Å². The Kier molecular flexibility index (Phi) is 6.87. The summed E-state index contributed by atoms with van der Waals surface area (Å²) in [7, 11) is 0. The summed E-state index contributed by atoms with van der Waals surface area (Å²) >= 11 is 0. The van der Waals surface area contributed by atoms with Gasteiger partial charge in [0.25, 0.3) is 0 Å². The maximum absolute atomic E-state index is 9.40. The second-order valence-corrected chi connectivity index (χ2v) is 3.74. The third-order valence-electron chi connectivity index (χ3n) is 2.32. The number of nitrogens with one attached hydrogen (secondary N) is 2. The van der Waals surface area contributed by atoms with Gasteiger partial charge in [0.15, 0.2) is 12.6 Å². The Hall–Kier alpha value is -0.200. The summed E-state index contributed by atoms with van der Waals surface area (Å²) < 4.78 is 5.33. The van der Waals surface area contributed by atoms with Crippen molar-refractivity contribution in [1.29, 1.82) is 0 Å². The van der Waals surface area contributed by atoms with Crippen molar-refractivity contribution in [3.8, 4) is 0 Å². The SMILES string of the molecule is CCCCNC(O)NOC1CCCCO1. The zero-order chi connectivity index (χ0) is 10.9. The first-order valence-corrected chi connectivity index (χ1v) is 5.77. The number of unbranched alkanes of at least 4 members (excludes halogenated alkanes) is 1. The van der Waals surface area contributed by atoms with Gasteiger partial charge in [-0.05, 0) is 25.8 Å². The van der Waals surface area contributed by atoms with Crippen molar-refractivity contribution in [2.75, 3.05) is 13.2 Å². The Morgan fingerprint density at radius 1 is 1.53 bits per heavy atom. The molecule has 0 aliphatic carbocycles. The van der Waals surface area contributed by atoms with Crippen molar-refractivity contribution in [1.82, 2.24) is 10.8 Å². The molecular weight excluding hydrogens is 196 g/mol. The molecule has 1 saturated heterocycles. The molecule has 90 valence electrons. The molecule has 0 bridgehead atoms. The lowest BCUT2D eigenvalue weighted by atomic mass is 10.2. The molecule has 0 spiro atoms. The minimum Gasteiger partial charge on any atom is -0.364 e. The van der Waals surface area contributed by atoms with Crippen LogP contribution in [0.1, 0.15) is 39.0 Å². The van der Waals surface area contributed by atoms with Gasteiger partial charge in [-0.25, -0.2) is 0 Å². The summed E-state index contributed by atoms with van der Waals surface area (Å²) in [5.74, 6) is 0. The second-order valence-electron chi connectivity index (χ2n) is 3.74. The molecule has 0 aromatic rings. The van der Waals surface area contributed by atoms with Gasteiger partial charge >= 0.3 is 0 Å². The molecule has 1 aliphatic rings. The first kappa shape index (κ1) is 12.9. The predicted octanol–water partition coefficient (Wildman–Crippen LogP) is 0.700. The molecule has 1 rings (SSSR count). The Morgan fingerprint density at radius 3 is 3.07 bits per heavy atom. The van der Waals surface area contributed by atoms with E-state index in [9.17, 15) is 5.11 Å². The van der Waals surface area contributed by atoms with Crippen LogP contribution in [0.2, 0.25) is 0 Å². The number of hydroxylamine groups is 1. The molecule has 5 heteroatoms. The average Bonchev–Trinajstić information content (AvgIpc) is 2.28. The fourth-order valence-electron chi connectivity index (χ4n) is 1.40. The van der Waals surface area contributed by atoms with Crippen LogP contribution >= 0.6 is 0 Å². The van der Waals surface area contributed by atoms with Gasteiger partial charge in [0.05, 0.1) is 0 Å². The summed E-state index contributed by atoms with van der Waals surface area (Å²) in [6.07, 6.45) is 4.20. The van der Waals surface area contributed by atoms with E-state index in [2.05, 4.69) is 17.7 Å². The van der Waals surface area contributed by atoms with E-state index in [0.717, 1.165) is 45.3 Å². The molecule has 1 heterocycles. The van der Waals surface area contributed by atoms with Gasteiger partial charge in [0.2, 0.25) is 0 Å². The van der Waals surface area contributed by atoms with Crippen LogP contribution in [0.4, 0.5) is 0 Å². The quantitative estimate of drug-likeness (QED) is 0.333. The third kappa shape index (κ3) is 6.06. The van der Waals surface area contributed by atoms with Crippen LogP contribution in [0.5, 0.6) is 0 Å². The molecule has 3 N–H and O–H groups in total. The first-order valence-electron chi connectivity index (χ1n) is 5.77. The van der Waals surface area contributed by atoms with E-state index in [1.165, 1.54) is 0 Å². The van der Waals surface area contributed by atoms with Gasteiger partial charge < -0.3 is 9.84 Å². The van der Waals surface area contributed by atoms with Crippen molar-refractivity contribution in [2.24, 2.45) is 0 Å². The van der Waals surface area contributed by atoms with Crippen molar-refractivity contribution in [3.63, 3.8) is 0 Å². The fourth-order valence-corrected chi connectivity index (χ4v) is 1.40. The normalized spacial score (nSPS) is 24.0. The second kappa shape index (κ2) is 8.01. The van der Waals surface area contributed by atoms with Crippen LogP contribution in [0.25, 0.3) is 0 Å². The topological polar surface area (TPSA) is 62.8 Å². The Morgan fingerprint density at radius 2 is 2.40 bits per heavy atom. The Bertz CT molecular complexity index is 152. The highest BCUT2D eigenvalue weighted by atomic mass is 16.8. The van der Waals surface area contributed by atoms with Crippen molar-refractivity contribution in [3.05, 3.63) is 0 Å². The van der Waals surface area contributed by atoms with E-state index >= 15 is 0 Å². The number of hydrogen-bond donors (Lipinski definition) is 3. The Balaban J connectivity index is 1.97. The first-order chi connectivity index (χ1) is 7.33. The molecule has 15 heavy (non-hydrogen) atoms. The summed E-state index contributed by atoms with van der Waals surface area (Å²) in [6, 6.07) is 0. The maximum atomic E-state index is 9.40. The average molecular weight is 218 g/mol. The molecule has 0 saturated carbocycles. The zero-order valence-corrected chi connectivity index (χ0v) is 9.37. The van der Waals surface area contributed by atoms with Crippen LogP contribution < -0.4 is 10.8 Å². The lowest BCUT2D eigenvalue weighted by Gasteiger charge is -2.24. The molecule has 1 aliphatic heterocycles. The van der Waals surface area contributed by atoms with Gasteiger partial charge in [-0.1, -0.05) is 13.3 Å². The number of aliphatic hydroxyl groups excluding tert-OH is 1. The highest BCUT2D eigenvalue weighted by molar-refractivity contribution is 4.53. The van der Waals surface area contributed by atoms with Crippen LogP contribution in [-0.4, -0.2) is 30.9 Å². The predicted molar refractivity (Wildman–Crippen MR) is 56.7 cm³/mol. The molecular formula is C10H22N2O3. The van der Waals surface area contributed by atoms with E-state index in [-0.39, 0.29) is 6.29 Å². The summed E-state index contributed by atoms with van der Waals surface area (Å²) in [5, 5.41) is 12.3. The molecule has 0 radical (unpaired) electrons. The molecule has 0 aromatic heterocycles. The number of ether oxygens (including phenoxy) is 1. The van der Waals surface area contributed by atoms with Crippen LogP contribution in [0.15, 0.2) is 0 Å². The zero-order valence-electron chi connectivity index (χ0n) is 9.37. The number of hydrogen-bond acceptors (Lipinski definition) is 5. The summed E-state index contributed by atoms with van der Waals surface area (Å²) in [5.41, 5.74) is 2.53. The summed E-state index contributed by atoms with van der Waals surface area (Å²) in [6.45, 7) is 3.62. The summed E-state index contributed by atoms with van der Waals surface area (Å²) in [4.78, 5) is 5.19. The van der Waals surface area contributed by atoms with Gasteiger partial charge in [-0.3, -0.25) is 10.2 Å². The highest BCUT2D eigenvalue weighted by Crippen LogP contribution is 2.12. The van der Waals surface area contributed by atoms with Gasteiger partial charge in [-0.15, -0.1) is 0 Å².